The molecule has 0 N–H and O–H groups in total. The molecule has 1 aliphatic carbocycles. The number of rotatable bonds is 2. The molecule has 0 aromatic heterocycles. The average Bonchev–Trinajstić information content (AvgIpc) is 2.95. The summed E-state index contributed by atoms with van der Waals surface area (Å²) in [7, 11) is 0. The van der Waals surface area contributed by atoms with Crippen LogP contribution in [0.5, 0.6) is 0 Å². The van der Waals surface area contributed by atoms with E-state index >= 15 is 0 Å². The maximum atomic E-state index is 11.5. The Balaban J connectivity index is 1.94. The fourth-order valence-corrected chi connectivity index (χ4v) is 4.41. The molecule has 0 spiro atoms. The van der Waals surface area contributed by atoms with Crippen molar-refractivity contribution < 1.29 is 4.92 Å². The van der Waals surface area contributed by atoms with E-state index in [1.54, 1.807) is 0 Å². The lowest BCUT2D eigenvalue weighted by atomic mass is 9.67. The number of fused-ring (bicyclic) bond motifs is 1. The summed E-state index contributed by atoms with van der Waals surface area (Å²) in [6, 6.07) is -0.0858. The van der Waals surface area contributed by atoms with E-state index in [0.29, 0.717) is 11.8 Å². The van der Waals surface area contributed by atoms with Crippen LogP contribution >= 0.6 is 0 Å². The minimum Gasteiger partial charge on any atom is -0.293 e. The van der Waals surface area contributed by atoms with Crippen LogP contribution in [0.2, 0.25) is 0 Å². The predicted molar refractivity (Wildman–Crippen MR) is 65.4 cm³/mol. The first-order chi connectivity index (χ1) is 8.00. The van der Waals surface area contributed by atoms with E-state index in [9.17, 15) is 10.1 Å². The quantitative estimate of drug-likeness (QED) is 0.547. The van der Waals surface area contributed by atoms with Crippen LogP contribution in [-0.2, 0) is 0 Å². The molecule has 2 saturated heterocycles. The van der Waals surface area contributed by atoms with Crippen LogP contribution in [0.4, 0.5) is 0 Å². The largest absolute Gasteiger partial charge is 0.293 e. The molecule has 4 heteroatoms. The molecule has 2 heterocycles. The molecule has 3 atom stereocenters. The smallest absolute Gasteiger partial charge is 0.231 e. The highest BCUT2D eigenvalue weighted by Gasteiger charge is 2.59. The minimum absolute atomic E-state index is 0.0346. The lowest BCUT2D eigenvalue weighted by Crippen LogP contribution is -2.60. The zero-order valence-electron chi connectivity index (χ0n) is 10.8. The summed E-state index contributed by atoms with van der Waals surface area (Å²) in [6.07, 6.45) is 4.60. The van der Waals surface area contributed by atoms with Gasteiger partial charge in [-0.3, -0.25) is 15.0 Å². The first kappa shape index (κ1) is 11.5. The summed E-state index contributed by atoms with van der Waals surface area (Å²) < 4.78 is 0. The molecule has 0 amide bonds. The Kier molecular flexibility index (Phi) is 2.47. The van der Waals surface area contributed by atoms with Gasteiger partial charge in [0.05, 0.1) is 6.04 Å². The number of piperidine rings is 1. The highest BCUT2D eigenvalue weighted by atomic mass is 16.6. The molecule has 0 radical (unpaired) electrons. The molecular formula is C13H22N2O2. The number of nitro groups is 1. The van der Waals surface area contributed by atoms with Gasteiger partial charge in [0, 0.05) is 17.4 Å². The molecule has 4 nitrogen and oxygen atoms in total. The van der Waals surface area contributed by atoms with E-state index in [1.807, 2.05) is 0 Å². The van der Waals surface area contributed by atoms with Gasteiger partial charge in [0.15, 0.2) is 0 Å². The van der Waals surface area contributed by atoms with Gasteiger partial charge in [0.2, 0.25) is 6.04 Å². The third-order valence-electron chi connectivity index (χ3n) is 5.06. The Bertz CT molecular complexity index is 338. The topological polar surface area (TPSA) is 46.4 Å². The number of hydrogen-bond acceptors (Lipinski definition) is 3. The maximum Gasteiger partial charge on any atom is 0.231 e. The summed E-state index contributed by atoms with van der Waals surface area (Å²) in [5.74, 6) is 0.931. The summed E-state index contributed by atoms with van der Waals surface area (Å²) >= 11 is 0. The molecule has 17 heavy (non-hydrogen) atoms. The third kappa shape index (κ3) is 1.77. The van der Waals surface area contributed by atoms with Gasteiger partial charge in [-0.1, -0.05) is 13.8 Å². The molecule has 3 fully saturated rings. The van der Waals surface area contributed by atoms with Crippen molar-refractivity contribution in [1.82, 2.24) is 4.90 Å². The monoisotopic (exact) mass is 238 g/mol. The lowest BCUT2D eigenvalue weighted by molar-refractivity contribution is -0.549. The second-order valence-corrected chi connectivity index (χ2v) is 6.81. The highest BCUT2D eigenvalue weighted by molar-refractivity contribution is 5.05. The van der Waals surface area contributed by atoms with Gasteiger partial charge in [-0.25, -0.2) is 0 Å². The van der Waals surface area contributed by atoms with Crippen LogP contribution in [0.25, 0.3) is 0 Å². The summed E-state index contributed by atoms with van der Waals surface area (Å²) in [6.45, 7) is 6.60. The fourth-order valence-electron chi connectivity index (χ4n) is 4.41. The average molecular weight is 238 g/mol. The van der Waals surface area contributed by atoms with Crippen LogP contribution in [0.3, 0.4) is 0 Å². The van der Waals surface area contributed by atoms with Gasteiger partial charge < -0.3 is 0 Å². The molecule has 2 aliphatic heterocycles. The van der Waals surface area contributed by atoms with Crippen molar-refractivity contribution in [3.63, 3.8) is 0 Å². The summed E-state index contributed by atoms with van der Waals surface area (Å²) in [5, 5.41) is 11.5. The van der Waals surface area contributed by atoms with E-state index in [4.69, 9.17) is 0 Å². The molecule has 0 aromatic carbocycles. The van der Waals surface area contributed by atoms with Gasteiger partial charge in [0.1, 0.15) is 0 Å². The first-order valence-corrected chi connectivity index (χ1v) is 6.88. The van der Waals surface area contributed by atoms with Crippen LogP contribution in [-0.4, -0.2) is 35.0 Å². The second kappa shape index (κ2) is 3.67. The van der Waals surface area contributed by atoms with E-state index in [-0.39, 0.29) is 22.4 Å². The van der Waals surface area contributed by atoms with E-state index < -0.39 is 0 Å². The number of nitrogens with zero attached hydrogens (tertiary/aromatic N) is 2. The second-order valence-electron chi connectivity index (χ2n) is 6.81. The molecule has 3 rings (SSSR count). The van der Waals surface area contributed by atoms with Gasteiger partial charge in [0.25, 0.3) is 0 Å². The molecule has 96 valence electrons. The Morgan fingerprint density at radius 3 is 2.59 bits per heavy atom. The number of hydrogen-bond donors (Lipinski definition) is 0. The predicted octanol–water partition coefficient (Wildman–Crippen LogP) is 2.16. The van der Waals surface area contributed by atoms with Gasteiger partial charge in [-0.05, 0) is 43.6 Å². The SMILES string of the molecule is CC1(C)CN2CCCC2C([N+](=O)[O-])C1C1CC1. The zero-order chi connectivity index (χ0) is 12.2. The van der Waals surface area contributed by atoms with Gasteiger partial charge >= 0.3 is 0 Å². The van der Waals surface area contributed by atoms with Gasteiger partial charge in [-0.2, -0.15) is 0 Å². The normalized spacial score (nSPS) is 41.2. The van der Waals surface area contributed by atoms with E-state index in [0.717, 1.165) is 25.9 Å². The third-order valence-corrected chi connectivity index (χ3v) is 5.06. The van der Waals surface area contributed by atoms with Crippen molar-refractivity contribution in [3.05, 3.63) is 10.1 Å². The van der Waals surface area contributed by atoms with Crippen LogP contribution in [0.15, 0.2) is 0 Å². The van der Waals surface area contributed by atoms with Crippen molar-refractivity contribution in [3.8, 4) is 0 Å². The molecule has 0 aromatic rings. The van der Waals surface area contributed by atoms with Crippen LogP contribution in [0.1, 0.15) is 39.5 Å². The summed E-state index contributed by atoms with van der Waals surface area (Å²) in [4.78, 5) is 13.9. The van der Waals surface area contributed by atoms with E-state index in [2.05, 4.69) is 18.7 Å². The zero-order valence-corrected chi connectivity index (χ0v) is 10.8. The Morgan fingerprint density at radius 2 is 2.00 bits per heavy atom. The first-order valence-electron chi connectivity index (χ1n) is 6.88. The van der Waals surface area contributed by atoms with Gasteiger partial charge in [-0.15, -0.1) is 0 Å². The minimum atomic E-state index is -0.311. The molecule has 3 aliphatic rings. The molecule has 3 unspecified atom stereocenters. The van der Waals surface area contributed by atoms with Crippen molar-refractivity contribution >= 4 is 0 Å². The van der Waals surface area contributed by atoms with Crippen molar-refractivity contribution in [1.29, 1.82) is 0 Å². The molecule has 1 saturated carbocycles. The highest BCUT2D eigenvalue weighted by Crippen LogP contribution is 2.53. The Labute approximate surface area is 103 Å². The van der Waals surface area contributed by atoms with Crippen LogP contribution < -0.4 is 0 Å². The lowest BCUT2D eigenvalue weighted by Gasteiger charge is -2.47. The Morgan fingerprint density at radius 1 is 1.29 bits per heavy atom. The van der Waals surface area contributed by atoms with E-state index in [1.165, 1.54) is 12.8 Å². The standard InChI is InChI=1S/C13H22N2O2/c1-13(2)8-14-7-3-4-10(14)12(15(16)17)11(13)9-5-6-9/h9-12H,3-8H2,1-2H3. The molecule has 0 bridgehead atoms. The summed E-state index contributed by atoms with van der Waals surface area (Å²) in [5.41, 5.74) is 0.111. The van der Waals surface area contributed by atoms with Crippen molar-refractivity contribution in [2.75, 3.05) is 13.1 Å². The fraction of sp³-hybridized carbons (Fsp3) is 1.00. The van der Waals surface area contributed by atoms with Crippen molar-refractivity contribution in [2.45, 2.75) is 51.6 Å². The van der Waals surface area contributed by atoms with Crippen molar-refractivity contribution in [2.24, 2.45) is 17.3 Å². The van der Waals surface area contributed by atoms with Crippen LogP contribution in [0, 0.1) is 27.4 Å². The molecular weight excluding hydrogens is 216 g/mol. The maximum absolute atomic E-state index is 11.5. The Hall–Kier alpha value is -0.640.